The van der Waals surface area contributed by atoms with Crippen LogP contribution in [0.1, 0.15) is 41.6 Å². The third-order valence-electron chi connectivity index (χ3n) is 5.46. The highest BCUT2D eigenvalue weighted by Crippen LogP contribution is 2.35. The van der Waals surface area contributed by atoms with Gasteiger partial charge in [-0.25, -0.2) is 14.4 Å². The molecule has 0 radical (unpaired) electrons. The number of benzene rings is 2. The molecule has 4 aromatic rings. The number of fused-ring (bicyclic) bond motifs is 1. The maximum atomic E-state index is 13.1. The smallest absolute Gasteiger partial charge is 0.261 e. The Hall–Kier alpha value is -3.39. The van der Waals surface area contributed by atoms with E-state index in [1.165, 1.54) is 23.5 Å². The van der Waals surface area contributed by atoms with Crippen molar-refractivity contribution < 1.29 is 9.18 Å². The van der Waals surface area contributed by atoms with E-state index in [0.29, 0.717) is 34.7 Å². The maximum Gasteiger partial charge on any atom is 0.261 e. The van der Waals surface area contributed by atoms with Gasteiger partial charge in [-0.3, -0.25) is 14.2 Å². The number of rotatable bonds is 7. The van der Waals surface area contributed by atoms with E-state index < -0.39 is 0 Å². The van der Waals surface area contributed by atoms with Crippen molar-refractivity contribution in [2.75, 3.05) is 5.32 Å². The summed E-state index contributed by atoms with van der Waals surface area (Å²) in [5, 5.41) is 3.98. The number of carbonyl (C=O) groups excluding carboxylic acids is 1. The normalized spacial score (nSPS) is 13.4. The van der Waals surface area contributed by atoms with Crippen LogP contribution in [-0.4, -0.2) is 20.4 Å². The van der Waals surface area contributed by atoms with Crippen LogP contribution in [0, 0.1) is 5.82 Å². The van der Waals surface area contributed by atoms with Gasteiger partial charge in [0.2, 0.25) is 5.91 Å². The first-order chi connectivity index (χ1) is 15.6. The van der Waals surface area contributed by atoms with Crippen LogP contribution in [0.25, 0.3) is 10.9 Å². The van der Waals surface area contributed by atoms with Gasteiger partial charge in [-0.05, 0) is 42.7 Å². The molecule has 8 heteroatoms. The zero-order valence-corrected chi connectivity index (χ0v) is 18.1. The largest absolute Gasteiger partial charge is 0.302 e. The second-order valence-corrected chi connectivity index (χ2v) is 9.05. The highest BCUT2D eigenvalue weighted by molar-refractivity contribution is 7.15. The summed E-state index contributed by atoms with van der Waals surface area (Å²) >= 11 is 1.40. The Labute approximate surface area is 187 Å². The molecule has 0 saturated heterocycles. The van der Waals surface area contributed by atoms with Gasteiger partial charge in [0.1, 0.15) is 11.6 Å². The van der Waals surface area contributed by atoms with Crippen molar-refractivity contribution >= 4 is 33.3 Å². The lowest BCUT2D eigenvalue weighted by atomic mass is 10.1. The number of amides is 1. The van der Waals surface area contributed by atoms with Crippen molar-refractivity contribution in [1.29, 1.82) is 0 Å². The Kier molecular flexibility index (Phi) is 5.53. The quantitative estimate of drug-likeness (QED) is 0.452. The van der Waals surface area contributed by atoms with Crippen molar-refractivity contribution in [2.24, 2.45) is 0 Å². The lowest BCUT2D eigenvalue weighted by Gasteiger charge is -2.12. The van der Waals surface area contributed by atoms with Crippen LogP contribution < -0.4 is 10.9 Å². The molecule has 2 heterocycles. The van der Waals surface area contributed by atoms with Gasteiger partial charge in [-0.1, -0.05) is 24.3 Å². The molecule has 1 saturated carbocycles. The molecule has 2 aromatic heterocycles. The van der Waals surface area contributed by atoms with E-state index in [-0.39, 0.29) is 29.7 Å². The van der Waals surface area contributed by atoms with E-state index in [1.54, 1.807) is 29.0 Å². The first kappa shape index (κ1) is 20.5. The highest BCUT2D eigenvalue weighted by atomic mass is 32.1. The number of thiazole rings is 1. The predicted octanol–water partition coefficient (Wildman–Crippen LogP) is 4.49. The first-order valence-corrected chi connectivity index (χ1v) is 11.4. The minimum absolute atomic E-state index is 0.0288. The Bertz CT molecular complexity index is 1340. The molecule has 1 aliphatic carbocycles. The Morgan fingerprint density at radius 2 is 1.94 bits per heavy atom. The average molecular weight is 449 g/mol. The van der Waals surface area contributed by atoms with Crippen LogP contribution in [-0.2, 0) is 17.6 Å². The lowest BCUT2D eigenvalue weighted by Crippen LogP contribution is -2.25. The molecule has 1 amide bonds. The van der Waals surface area contributed by atoms with Crippen molar-refractivity contribution in [2.45, 2.75) is 38.1 Å². The zero-order valence-electron chi connectivity index (χ0n) is 17.3. The summed E-state index contributed by atoms with van der Waals surface area (Å²) in [6.07, 6.45) is 4.88. The van der Waals surface area contributed by atoms with Crippen LogP contribution in [0.15, 0.2) is 59.5 Å². The van der Waals surface area contributed by atoms with Crippen LogP contribution in [0.2, 0.25) is 0 Å². The van der Waals surface area contributed by atoms with Crippen LogP contribution in [0.3, 0.4) is 0 Å². The predicted molar refractivity (Wildman–Crippen MR) is 123 cm³/mol. The number of aryl methyl sites for hydroxylation is 1. The van der Waals surface area contributed by atoms with E-state index in [9.17, 15) is 14.0 Å². The average Bonchev–Trinajstić information content (AvgIpc) is 3.53. The molecule has 6 nitrogen and oxygen atoms in total. The number of para-hydroxylation sites is 1. The topological polar surface area (TPSA) is 76.9 Å². The minimum atomic E-state index is -0.265. The number of carbonyl (C=O) groups is 1. The second-order valence-electron chi connectivity index (χ2n) is 7.93. The van der Waals surface area contributed by atoms with Crippen LogP contribution in [0.5, 0.6) is 0 Å². The van der Waals surface area contributed by atoms with Gasteiger partial charge in [-0.2, -0.15) is 0 Å². The van der Waals surface area contributed by atoms with Gasteiger partial charge in [0.05, 0.1) is 10.9 Å². The summed E-state index contributed by atoms with van der Waals surface area (Å²) in [5.41, 5.74) is 1.61. The monoisotopic (exact) mass is 448 g/mol. The van der Waals surface area contributed by atoms with Crippen molar-refractivity contribution in [3.05, 3.63) is 87.2 Å². The maximum absolute atomic E-state index is 13.1. The number of nitrogens with zero attached hydrogens (tertiary/aromatic N) is 3. The minimum Gasteiger partial charge on any atom is -0.302 e. The Morgan fingerprint density at radius 1 is 1.16 bits per heavy atom. The third-order valence-corrected chi connectivity index (χ3v) is 6.37. The van der Waals surface area contributed by atoms with Gasteiger partial charge in [0, 0.05) is 36.4 Å². The number of aromatic nitrogens is 3. The van der Waals surface area contributed by atoms with Gasteiger partial charge < -0.3 is 5.32 Å². The zero-order chi connectivity index (χ0) is 22.1. The molecule has 0 atom stereocenters. The molecule has 2 aromatic carbocycles. The van der Waals surface area contributed by atoms with Crippen LogP contribution >= 0.6 is 11.3 Å². The fraction of sp³-hybridized carbons (Fsp3) is 0.250. The molecule has 162 valence electrons. The summed E-state index contributed by atoms with van der Waals surface area (Å²) in [5.74, 6) is 0.221. The number of nitrogens with one attached hydrogen (secondary N) is 1. The number of hydrogen-bond donors (Lipinski definition) is 1. The number of hydrogen-bond acceptors (Lipinski definition) is 5. The molecule has 0 unspecified atom stereocenters. The molecule has 5 rings (SSSR count). The van der Waals surface area contributed by atoms with E-state index in [0.717, 1.165) is 23.3 Å². The molecular weight excluding hydrogens is 427 g/mol. The van der Waals surface area contributed by atoms with Crippen molar-refractivity contribution in [1.82, 2.24) is 14.5 Å². The van der Waals surface area contributed by atoms with Gasteiger partial charge in [0.25, 0.3) is 5.56 Å². The van der Waals surface area contributed by atoms with Gasteiger partial charge >= 0.3 is 0 Å². The van der Waals surface area contributed by atoms with E-state index in [1.807, 2.05) is 18.2 Å². The van der Waals surface area contributed by atoms with Gasteiger partial charge in [0.15, 0.2) is 5.13 Å². The molecule has 1 aliphatic rings. The lowest BCUT2D eigenvalue weighted by molar-refractivity contribution is -0.116. The molecular formula is C24H21FN4O2S. The van der Waals surface area contributed by atoms with E-state index in [2.05, 4.69) is 15.3 Å². The standard InChI is InChI=1S/C24H21FN4O2S/c25-16-7-5-15(6-8-16)13-18-14-26-24(32-18)28-22(30)12-11-21-27-20-4-2-1-3-19(20)23(31)29(21)17-9-10-17/h1-8,14,17H,9-13H2,(H,26,28,30). The highest BCUT2D eigenvalue weighted by Gasteiger charge is 2.28. The second kappa shape index (κ2) is 8.63. The van der Waals surface area contributed by atoms with Crippen molar-refractivity contribution in [3.63, 3.8) is 0 Å². The van der Waals surface area contributed by atoms with Crippen molar-refractivity contribution in [3.8, 4) is 0 Å². The van der Waals surface area contributed by atoms with E-state index >= 15 is 0 Å². The van der Waals surface area contributed by atoms with Crippen LogP contribution in [0.4, 0.5) is 9.52 Å². The first-order valence-electron chi connectivity index (χ1n) is 10.6. The molecule has 0 spiro atoms. The SMILES string of the molecule is O=C(CCc1nc2ccccc2c(=O)n1C1CC1)Nc1ncc(Cc2ccc(F)cc2)s1. The van der Waals surface area contributed by atoms with E-state index in [4.69, 9.17) is 0 Å². The third kappa shape index (κ3) is 4.45. The summed E-state index contributed by atoms with van der Waals surface area (Å²) < 4.78 is 14.8. The fourth-order valence-electron chi connectivity index (χ4n) is 3.74. The summed E-state index contributed by atoms with van der Waals surface area (Å²) in [7, 11) is 0. The molecule has 0 bridgehead atoms. The Morgan fingerprint density at radius 3 is 2.72 bits per heavy atom. The van der Waals surface area contributed by atoms with Gasteiger partial charge in [-0.15, -0.1) is 11.3 Å². The number of anilines is 1. The molecule has 1 N–H and O–H groups in total. The molecule has 1 fully saturated rings. The summed E-state index contributed by atoms with van der Waals surface area (Å²) in [4.78, 5) is 35.4. The Balaban J connectivity index is 1.25. The number of halogens is 1. The molecule has 32 heavy (non-hydrogen) atoms. The fourth-order valence-corrected chi connectivity index (χ4v) is 4.60. The summed E-state index contributed by atoms with van der Waals surface area (Å²) in [6.45, 7) is 0. The summed E-state index contributed by atoms with van der Waals surface area (Å²) in [6, 6.07) is 13.9. The molecule has 0 aliphatic heterocycles.